The Balaban J connectivity index is 1.84. The summed E-state index contributed by atoms with van der Waals surface area (Å²) < 4.78 is 2.99. The Bertz CT molecular complexity index is 834. The molecule has 4 rings (SSSR count). The number of nitrogens with zero attached hydrogens (tertiary/aromatic N) is 5. The average Bonchev–Trinajstić information content (AvgIpc) is 3.21. The van der Waals surface area contributed by atoms with Gasteiger partial charge in [0.1, 0.15) is 12.1 Å². The van der Waals surface area contributed by atoms with E-state index >= 15 is 0 Å². The minimum absolute atomic E-state index is 0.684. The molecule has 0 N–H and O–H groups in total. The van der Waals surface area contributed by atoms with Crippen molar-refractivity contribution >= 4 is 27.5 Å². The van der Waals surface area contributed by atoms with Crippen LogP contribution in [-0.4, -0.2) is 32.7 Å². The van der Waals surface area contributed by atoms with Crippen LogP contribution in [0.5, 0.6) is 0 Å². The van der Waals surface area contributed by atoms with Crippen LogP contribution in [0.3, 0.4) is 0 Å². The van der Waals surface area contributed by atoms with E-state index in [2.05, 4.69) is 67.1 Å². The summed E-state index contributed by atoms with van der Waals surface area (Å²) >= 11 is 3.50. The minimum Gasteiger partial charge on any atom is -0.356 e. The molecule has 0 bridgehead atoms. The molecule has 3 aromatic rings. The Labute approximate surface area is 143 Å². The third-order valence-corrected chi connectivity index (χ3v) is 4.93. The smallest absolute Gasteiger partial charge is 0.254 e. The third-order valence-electron chi connectivity index (χ3n) is 4.40. The van der Waals surface area contributed by atoms with Crippen LogP contribution in [0.25, 0.3) is 5.78 Å². The molecule has 5 nitrogen and oxygen atoms in total. The fraction of sp³-hybridized carbons (Fsp3) is 0.353. The number of anilines is 1. The first kappa shape index (κ1) is 14.6. The van der Waals surface area contributed by atoms with Crippen LogP contribution in [0.15, 0.2) is 35.1 Å². The normalized spacial score (nSPS) is 14.8. The summed E-state index contributed by atoms with van der Waals surface area (Å²) in [5.74, 6) is 1.84. The predicted molar refractivity (Wildman–Crippen MR) is 93.9 cm³/mol. The topological polar surface area (TPSA) is 46.3 Å². The molecule has 0 saturated carbocycles. The fourth-order valence-electron chi connectivity index (χ4n) is 3.24. The second kappa shape index (κ2) is 5.92. The van der Waals surface area contributed by atoms with Gasteiger partial charge < -0.3 is 4.90 Å². The quantitative estimate of drug-likeness (QED) is 0.707. The summed E-state index contributed by atoms with van der Waals surface area (Å²) in [7, 11) is 0. The van der Waals surface area contributed by atoms with Gasteiger partial charge in [-0.15, -0.1) is 0 Å². The summed E-state index contributed by atoms with van der Waals surface area (Å²) in [6, 6.07) is 8.48. The van der Waals surface area contributed by atoms with Gasteiger partial charge in [0.25, 0.3) is 5.78 Å². The fourth-order valence-corrected chi connectivity index (χ4v) is 3.50. The first-order valence-electron chi connectivity index (χ1n) is 7.91. The van der Waals surface area contributed by atoms with Crippen molar-refractivity contribution in [2.45, 2.75) is 26.2 Å². The lowest BCUT2D eigenvalue weighted by atomic mass is 10.0. The first-order chi connectivity index (χ1) is 11.2. The first-order valence-corrected chi connectivity index (χ1v) is 8.70. The van der Waals surface area contributed by atoms with Gasteiger partial charge in [-0.05, 0) is 37.5 Å². The highest BCUT2D eigenvalue weighted by atomic mass is 79.9. The number of hydrogen-bond acceptors (Lipinski definition) is 4. The number of hydrogen-bond donors (Lipinski definition) is 0. The van der Waals surface area contributed by atoms with E-state index < -0.39 is 0 Å². The van der Waals surface area contributed by atoms with Crippen molar-refractivity contribution < 1.29 is 0 Å². The number of aryl methyl sites for hydroxylation is 1. The van der Waals surface area contributed by atoms with Crippen LogP contribution in [0.1, 0.15) is 29.7 Å². The molecule has 1 aliphatic heterocycles. The molecule has 0 radical (unpaired) electrons. The maximum absolute atomic E-state index is 4.63. The second-order valence-corrected chi connectivity index (χ2v) is 6.88. The monoisotopic (exact) mass is 371 g/mol. The molecule has 1 fully saturated rings. The third kappa shape index (κ3) is 2.72. The number of fused-ring (bicyclic) bond motifs is 1. The van der Waals surface area contributed by atoms with E-state index in [0.717, 1.165) is 35.5 Å². The van der Waals surface area contributed by atoms with Crippen LogP contribution < -0.4 is 4.90 Å². The molecule has 1 aliphatic rings. The summed E-state index contributed by atoms with van der Waals surface area (Å²) in [6.45, 7) is 4.22. The van der Waals surface area contributed by atoms with Crippen LogP contribution in [-0.2, 0) is 6.42 Å². The molecular weight excluding hydrogens is 354 g/mol. The van der Waals surface area contributed by atoms with Crippen molar-refractivity contribution in [3.05, 3.63) is 51.9 Å². The molecule has 23 heavy (non-hydrogen) atoms. The van der Waals surface area contributed by atoms with Crippen LogP contribution in [0.4, 0.5) is 5.82 Å². The SMILES string of the molecule is Cc1nc2ncnn2c(N2CCCC2)c1Cc1ccc(Br)cc1. The molecule has 2 aromatic heterocycles. The summed E-state index contributed by atoms with van der Waals surface area (Å²) in [5, 5.41) is 4.41. The van der Waals surface area contributed by atoms with Gasteiger partial charge in [-0.25, -0.2) is 4.98 Å². The maximum atomic E-state index is 4.63. The van der Waals surface area contributed by atoms with Gasteiger partial charge >= 0.3 is 0 Å². The summed E-state index contributed by atoms with van der Waals surface area (Å²) in [5.41, 5.74) is 3.56. The van der Waals surface area contributed by atoms with Gasteiger partial charge in [-0.2, -0.15) is 14.6 Å². The van der Waals surface area contributed by atoms with Gasteiger partial charge in [0.2, 0.25) is 0 Å². The Hall–Kier alpha value is -1.95. The van der Waals surface area contributed by atoms with Crippen LogP contribution in [0, 0.1) is 6.92 Å². The standard InChI is InChI=1S/C17H18BrN5/c1-12-15(10-13-4-6-14(18)7-5-13)16(22-8-2-3-9-22)23-17(21-12)19-11-20-23/h4-7,11H,2-3,8-10H2,1H3. The lowest BCUT2D eigenvalue weighted by molar-refractivity contribution is 0.825. The molecule has 0 amide bonds. The summed E-state index contributed by atoms with van der Waals surface area (Å²) in [4.78, 5) is 11.3. The predicted octanol–water partition coefficient (Wildman–Crippen LogP) is 3.39. The maximum Gasteiger partial charge on any atom is 0.254 e. The molecule has 1 aromatic carbocycles. The number of halogens is 1. The van der Waals surface area contributed by atoms with E-state index in [-0.39, 0.29) is 0 Å². The lowest BCUT2D eigenvalue weighted by Gasteiger charge is -2.23. The zero-order chi connectivity index (χ0) is 15.8. The molecule has 6 heteroatoms. The number of rotatable bonds is 3. The van der Waals surface area contributed by atoms with Crippen molar-refractivity contribution in [3.63, 3.8) is 0 Å². The zero-order valence-electron chi connectivity index (χ0n) is 13.0. The highest BCUT2D eigenvalue weighted by Crippen LogP contribution is 2.29. The Morgan fingerprint density at radius 1 is 1.13 bits per heavy atom. The van der Waals surface area contributed by atoms with Crippen molar-refractivity contribution in [1.82, 2.24) is 19.6 Å². The van der Waals surface area contributed by atoms with Gasteiger partial charge in [-0.1, -0.05) is 28.1 Å². The molecule has 1 saturated heterocycles. The Morgan fingerprint density at radius 3 is 2.61 bits per heavy atom. The van der Waals surface area contributed by atoms with Gasteiger partial charge in [0.15, 0.2) is 0 Å². The van der Waals surface area contributed by atoms with Crippen molar-refractivity contribution in [2.75, 3.05) is 18.0 Å². The van der Waals surface area contributed by atoms with E-state index in [1.165, 1.54) is 24.0 Å². The van der Waals surface area contributed by atoms with E-state index in [1.807, 2.05) is 4.52 Å². The molecule has 0 atom stereocenters. The lowest BCUT2D eigenvalue weighted by Crippen LogP contribution is -2.24. The molecular formula is C17H18BrN5. The highest BCUT2D eigenvalue weighted by molar-refractivity contribution is 9.10. The number of aromatic nitrogens is 4. The molecule has 3 heterocycles. The van der Waals surface area contributed by atoms with Crippen LogP contribution >= 0.6 is 15.9 Å². The highest BCUT2D eigenvalue weighted by Gasteiger charge is 2.22. The van der Waals surface area contributed by atoms with E-state index in [9.17, 15) is 0 Å². The molecule has 118 valence electrons. The van der Waals surface area contributed by atoms with E-state index in [4.69, 9.17) is 0 Å². The van der Waals surface area contributed by atoms with Crippen molar-refractivity contribution in [1.29, 1.82) is 0 Å². The second-order valence-electron chi connectivity index (χ2n) is 5.97. The van der Waals surface area contributed by atoms with Gasteiger partial charge in [0, 0.05) is 35.2 Å². The summed E-state index contributed by atoms with van der Waals surface area (Å²) in [6.07, 6.45) is 4.91. The number of benzene rings is 1. The average molecular weight is 372 g/mol. The van der Waals surface area contributed by atoms with E-state index in [1.54, 1.807) is 6.33 Å². The van der Waals surface area contributed by atoms with E-state index in [0.29, 0.717) is 5.78 Å². The van der Waals surface area contributed by atoms with Crippen molar-refractivity contribution in [2.24, 2.45) is 0 Å². The van der Waals surface area contributed by atoms with Gasteiger partial charge in [-0.3, -0.25) is 0 Å². The molecule has 0 aliphatic carbocycles. The Morgan fingerprint density at radius 2 is 1.87 bits per heavy atom. The van der Waals surface area contributed by atoms with Crippen LogP contribution in [0.2, 0.25) is 0 Å². The Kier molecular flexibility index (Phi) is 3.77. The van der Waals surface area contributed by atoms with Crippen molar-refractivity contribution in [3.8, 4) is 0 Å². The largest absolute Gasteiger partial charge is 0.356 e. The zero-order valence-corrected chi connectivity index (χ0v) is 14.6. The molecule has 0 unspecified atom stereocenters. The minimum atomic E-state index is 0.684. The van der Waals surface area contributed by atoms with Gasteiger partial charge in [0.05, 0.1) is 0 Å². The molecule has 0 spiro atoms.